The van der Waals surface area contributed by atoms with Crippen molar-refractivity contribution >= 4 is 31.9 Å². The second kappa shape index (κ2) is 6.63. The molecule has 80 valence electrons. The van der Waals surface area contributed by atoms with Gasteiger partial charge in [0.05, 0.1) is 12.5 Å². The van der Waals surface area contributed by atoms with Gasteiger partial charge in [-0.1, -0.05) is 43.5 Å². The summed E-state index contributed by atoms with van der Waals surface area (Å²) >= 11 is 7.28. The Morgan fingerprint density at radius 1 is 1.57 bits per heavy atom. The fourth-order valence-corrected chi connectivity index (χ4v) is 1.48. The van der Waals surface area contributed by atoms with Crippen LogP contribution in [0.1, 0.15) is 40.0 Å². The Labute approximate surface area is 104 Å². The normalized spacial score (nSPS) is 15.0. The third kappa shape index (κ3) is 6.62. The zero-order valence-corrected chi connectivity index (χ0v) is 12.2. The second-order valence-electron chi connectivity index (χ2n) is 3.98. The Hall–Kier alpha value is 0.190. The lowest BCUT2D eigenvalue weighted by Crippen LogP contribution is -2.23. The minimum atomic E-state index is 0.127. The van der Waals surface area contributed by atoms with Crippen LogP contribution in [0.5, 0.6) is 0 Å². The van der Waals surface area contributed by atoms with Crippen molar-refractivity contribution in [2.75, 3.05) is 0 Å². The van der Waals surface area contributed by atoms with Gasteiger partial charge < -0.3 is 0 Å². The molecule has 0 unspecified atom stereocenters. The summed E-state index contributed by atoms with van der Waals surface area (Å²) in [5, 5.41) is 8.41. The van der Waals surface area contributed by atoms with Crippen molar-refractivity contribution in [2.24, 2.45) is 0 Å². The Morgan fingerprint density at radius 3 is 2.57 bits per heavy atom. The van der Waals surface area contributed by atoms with E-state index in [0.717, 1.165) is 12.8 Å². The molecular weight excluding hydrogens is 306 g/mol. The number of alkyl halides is 2. The van der Waals surface area contributed by atoms with Gasteiger partial charge in [0, 0.05) is 9.15 Å². The molecule has 0 radical (unpaired) electrons. The molecule has 0 fully saturated rings. The van der Waals surface area contributed by atoms with Crippen LogP contribution in [-0.2, 0) is 0 Å². The van der Waals surface area contributed by atoms with E-state index in [4.69, 9.17) is 5.26 Å². The van der Waals surface area contributed by atoms with Crippen molar-refractivity contribution in [3.63, 3.8) is 0 Å². The molecule has 1 atom stereocenters. The highest BCUT2D eigenvalue weighted by molar-refractivity contribution is 9.12. The predicted molar refractivity (Wildman–Crippen MR) is 68.9 cm³/mol. The van der Waals surface area contributed by atoms with Gasteiger partial charge in [-0.2, -0.15) is 5.26 Å². The van der Waals surface area contributed by atoms with E-state index in [1.54, 1.807) is 0 Å². The first-order valence-electron chi connectivity index (χ1n) is 4.73. The number of hydrogen-bond donors (Lipinski definition) is 0. The van der Waals surface area contributed by atoms with Crippen molar-refractivity contribution in [3.05, 3.63) is 11.6 Å². The predicted octanol–water partition coefficient (Wildman–Crippen LogP) is 4.56. The van der Waals surface area contributed by atoms with Crippen LogP contribution < -0.4 is 0 Å². The molecular formula is C11H17Br2N. The highest BCUT2D eigenvalue weighted by Crippen LogP contribution is 2.31. The first-order valence-corrected chi connectivity index (χ1v) is 6.44. The lowest BCUT2D eigenvalue weighted by molar-refractivity contribution is 0.637. The molecule has 0 aromatic rings. The molecule has 0 bridgehead atoms. The van der Waals surface area contributed by atoms with Crippen LogP contribution in [0.15, 0.2) is 11.6 Å². The van der Waals surface area contributed by atoms with Gasteiger partial charge in [-0.3, -0.25) is 0 Å². The second-order valence-corrected chi connectivity index (χ2v) is 7.13. The van der Waals surface area contributed by atoms with Crippen molar-refractivity contribution in [2.45, 2.75) is 49.2 Å². The molecule has 0 aromatic carbocycles. The topological polar surface area (TPSA) is 23.8 Å². The molecule has 0 saturated carbocycles. The summed E-state index contributed by atoms with van der Waals surface area (Å²) in [6.45, 7) is 6.39. The average molecular weight is 323 g/mol. The van der Waals surface area contributed by atoms with Gasteiger partial charge in [-0.15, -0.1) is 0 Å². The average Bonchev–Trinajstić information content (AvgIpc) is 2.09. The maximum absolute atomic E-state index is 8.41. The first-order chi connectivity index (χ1) is 6.38. The highest BCUT2D eigenvalue weighted by atomic mass is 79.9. The van der Waals surface area contributed by atoms with Crippen molar-refractivity contribution in [3.8, 4) is 6.07 Å². The molecule has 0 aliphatic heterocycles. The Kier molecular flexibility index (Phi) is 6.72. The van der Waals surface area contributed by atoms with Gasteiger partial charge in [-0.05, 0) is 33.6 Å². The molecule has 0 rings (SSSR count). The van der Waals surface area contributed by atoms with Gasteiger partial charge in [0.1, 0.15) is 0 Å². The highest BCUT2D eigenvalue weighted by Gasteiger charge is 2.23. The van der Waals surface area contributed by atoms with E-state index in [2.05, 4.69) is 58.7 Å². The summed E-state index contributed by atoms with van der Waals surface area (Å²) in [5.41, 5.74) is 1.30. The third-order valence-electron chi connectivity index (χ3n) is 2.08. The van der Waals surface area contributed by atoms with Gasteiger partial charge in [0.2, 0.25) is 0 Å². The smallest absolute Gasteiger partial charge is 0.0663 e. The SMILES string of the molecule is C/C(=C\CC#N)CC[C@H](Br)C(C)(C)Br. The number of nitrogens with zero attached hydrogens (tertiary/aromatic N) is 1. The molecule has 0 spiro atoms. The van der Waals surface area contributed by atoms with Gasteiger partial charge in [-0.25, -0.2) is 0 Å². The van der Waals surface area contributed by atoms with E-state index in [0.29, 0.717) is 11.2 Å². The van der Waals surface area contributed by atoms with E-state index in [1.807, 2.05) is 6.08 Å². The van der Waals surface area contributed by atoms with Crippen LogP contribution in [0.4, 0.5) is 0 Å². The minimum Gasteiger partial charge on any atom is -0.198 e. The Morgan fingerprint density at radius 2 is 2.14 bits per heavy atom. The molecule has 1 nitrogen and oxygen atoms in total. The van der Waals surface area contributed by atoms with E-state index < -0.39 is 0 Å². The lowest BCUT2D eigenvalue weighted by atomic mass is 10.0. The maximum atomic E-state index is 8.41. The zero-order valence-electron chi connectivity index (χ0n) is 8.98. The number of rotatable bonds is 5. The number of allylic oxidation sites excluding steroid dienone is 2. The molecule has 0 saturated heterocycles. The maximum Gasteiger partial charge on any atom is 0.0663 e. The molecule has 14 heavy (non-hydrogen) atoms. The standard InChI is InChI=1S/C11H17Br2N/c1-9(5-4-8-14)6-7-10(12)11(2,3)13/h5,10H,4,6-7H2,1-3H3/b9-5+/t10-/m0/s1. The molecule has 0 amide bonds. The van der Waals surface area contributed by atoms with Crippen LogP contribution in [0, 0.1) is 11.3 Å². The summed E-state index contributed by atoms with van der Waals surface area (Å²) in [6.07, 6.45) is 4.66. The Balaban J connectivity index is 3.90. The van der Waals surface area contributed by atoms with Crippen LogP contribution >= 0.6 is 31.9 Å². The zero-order chi connectivity index (χ0) is 11.2. The van der Waals surface area contributed by atoms with Crippen molar-refractivity contribution in [1.82, 2.24) is 0 Å². The van der Waals surface area contributed by atoms with Crippen molar-refractivity contribution < 1.29 is 0 Å². The van der Waals surface area contributed by atoms with Crippen LogP contribution in [0.25, 0.3) is 0 Å². The van der Waals surface area contributed by atoms with Crippen LogP contribution in [-0.4, -0.2) is 9.15 Å². The largest absolute Gasteiger partial charge is 0.198 e. The van der Waals surface area contributed by atoms with Crippen LogP contribution in [0.3, 0.4) is 0 Å². The number of nitriles is 1. The third-order valence-corrected chi connectivity index (χ3v) is 4.85. The summed E-state index contributed by atoms with van der Waals surface area (Å²) in [6, 6.07) is 2.12. The molecule has 0 N–H and O–H groups in total. The van der Waals surface area contributed by atoms with Gasteiger partial charge in [0.25, 0.3) is 0 Å². The Bertz CT molecular complexity index is 233. The monoisotopic (exact) mass is 321 g/mol. The minimum absolute atomic E-state index is 0.127. The summed E-state index contributed by atoms with van der Waals surface area (Å²) in [4.78, 5) is 0.459. The lowest BCUT2D eigenvalue weighted by Gasteiger charge is -2.23. The summed E-state index contributed by atoms with van der Waals surface area (Å²) in [7, 11) is 0. The van der Waals surface area contributed by atoms with E-state index in [9.17, 15) is 0 Å². The van der Waals surface area contributed by atoms with Crippen molar-refractivity contribution in [1.29, 1.82) is 5.26 Å². The molecule has 0 aromatic heterocycles. The summed E-state index contributed by atoms with van der Waals surface area (Å²) in [5.74, 6) is 0. The van der Waals surface area contributed by atoms with E-state index >= 15 is 0 Å². The number of hydrogen-bond acceptors (Lipinski definition) is 1. The molecule has 0 aliphatic carbocycles. The van der Waals surface area contributed by atoms with Gasteiger partial charge >= 0.3 is 0 Å². The molecule has 0 heterocycles. The molecule has 0 aliphatic rings. The van der Waals surface area contributed by atoms with Crippen LogP contribution in [0.2, 0.25) is 0 Å². The quantitative estimate of drug-likeness (QED) is 0.537. The van der Waals surface area contributed by atoms with Gasteiger partial charge in [0.15, 0.2) is 0 Å². The fourth-order valence-electron chi connectivity index (χ4n) is 1.02. The fraction of sp³-hybridized carbons (Fsp3) is 0.727. The number of halogens is 2. The molecule has 3 heteroatoms. The summed E-state index contributed by atoms with van der Waals surface area (Å²) < 4.78 is 0.127. The first kappa shape index (κ1) is 14.2. The van der Waals surface area contributed by atoms with E-state index in [-0.39, 0.29) is 4.32 Å². The van der Waals surface area contributed by atoms with E-state index in [1.165, 1.54) is 5.57 Å².